The van der Waals surface area contributed by atoms with Crippen LogP contribution in [0.4, 0.5) is 5.69 Å². The maximum atomic E-state index is 11.6. The predicted octanol–water partition coefficient (Wildman–Crippen LogP) is 0.980. The second-order valence-electron chi connectivity index (χ2n) is 3.71. The lowest BCUT2D eigenvalue weighted by Gasteiger charge is -2.22. The Morgan fingerprint density at radius 2 is 2.16 bits per heavy atom. The van der Waals surface area contributed by atoms with E-state index in [1.54, 1.807) is 24.3 Å². The molecule has 0 atom stereocenters. The number of hydrogen-bond donors (Lipinski definition) is 2. The lowest BCUT2D eigenvalue weighted by Crippen LogP contribution is -2.40. The van der Waals surface area contributed by atoms with Crippen LogP contribution in [0.1, 0.15) is 0 Å². The molecular weight excluding hydrogens is 268 g/mol. The zero-order valence-corrected chi connectivity index (χ0v) is 10.9. The van der Waals surface area contributed by atoms with Gasteiger partial charge in [0.15, 0.2) is 0 Å². The number of anilines is 1. The van der Waals surface area contributed by atoms with Gasteiger partial charge in [0, 0.05) is 10.7 Å². The fraction of sp³-hybridized carbons (Fsp3) is 0.231. The van der Waals surface area contributed by atoms with Gasteiger partial charge in [0.05, 0.1) is 13.1 Å². The lowest BCUT2D eigenvalue weighted by atomic mass is 10.2. The quantitative estimate of drug-likeness (QED) is 0.762. The van der Waals surface area contributed by atoms with Crippen LogP contribution in [-0.2, 0) is 9.59 Å². The Hall–Kier alpha value is -2.19. The molecule has 0 fully saturated rings. The van der Waals surface area contributed by atoms with Crippen molar-refractivity contribution in [2.24, 2.45) is 0 Å². The Bertz CT molecular complexity index is 511. The molecule has 1 aromatic carbocycles. The van der Waals surface area contributed by atoms with Gasteiger partial charge in [-0.25, -0.2) is 0 Å². The predicted molar refractivity (Wildman–Crippen MR) is 73.1 cm³/mol. The van der Waals surface area contributed by atoms with Crippen LogP contribution >= 0.6 is 11.6 Å². The van der Waals surface area contributed by atoms with Crippen LogP contribution in [0, 0.1) is 12.3 Å². The van der Waals surface area contributed by atoms with E-state index in [1.165, 1.54) is 4.90 Å². The maximum Gasteiger partial charge on any atom is 0.323 e. The van der Waals surface area contributed by atoms with Gasteiger partial charge >= 0.3 is 5.97 Å². The van der Waals surface area contributed by atoms with E-state index in [9.17, 15) is 9.59 Å². The Kier molecular flexibility index (Phi) is 5.71. The van der Waals surface area contributed by atoms with Crippen molar-refractivity contribution in [3.05, 3.63) is 29.3 Å². The van der Waals surface area contributed by atoms with Gasteiger partial charge in [0.25, 0.3) is 0 Å². The molecule has 0 aliphatic rings. The van der Waals surface area contributed by atoms with Crippen LogP contribution in [0.25, 0.3) is 0 Å². The average molecular weight is 281 g/mol. The van der Waals surface area contributed by atoms with E-state index in [4.69, 9.17) is 23.1 Å². The Balaban J connectivity index is 2.80. The van der Waals surface area contributed by atoms with Crippen molar-refractivity contribution in [2.75, 3.05) is 24.5 Å². The van der Waals surface area contributed by atoms with Crippen molar-refractivity contribution in [3.8, 4) is 12.3 Å². The minimum atomic E-state index is -1.04. The van der Waals surface area contributed by atoms with E-state index in [2.05, 4.69) is 11.2 Å². The molecule has 0 heterocycles. The second-order valence-corrected chi connectivity index (χ2v) is 4.15. The average Bonchev–Trinajstić information content (AvgIpc) is 2.35. The molecule has 0 spiro atoms. The van der Waals surface area contributed by atoms with E-state index in [-0.39, 0.29) is 25.5 Å². The summed E-state index contributed by atoms with van der Waals surface area (Å²) in [6, 6.07) is 6.64. The van der Waals surface area contributed by atoms with Crippen LogP contribution in [-0.4, -0.2) is 36.6 Å². The largest absolute Gasteiger partial charge is 0.480 e. The maximum absolute atomic E-state index is 11.6. The van der Waals surface area contributed by atoms with E-state index in [0.29, 0.717) is 10.7 Å². The van der Waals surface area contributed by atoms with Gasteiger partial charge in [0.1, 0.15) is 6.54 Å². The first-order valence-electron chi connectivity index (χ1n) is 5.45. The van der Waals surface area contributed by atoms with E-state index in [0.717, 1.165) is 0 Å². The zero-order chi connectivity index (χ0) is 14.3. The first kappa shape index (κ1) is 14.9. The third kappa shape index (κ3) is 5.32. The van der Waals surface area contributed by atoms with E-state index < -0.39 is 5.97 Å². The van der Waals surface area contributed by atoms with Crippen molar-refractivity contribution >= 4 is 29.2 Å². The summed E-state index contributed by atoms with van der Waals surface area (Å²) >= 11 is 5.84. The number of carbonyl (C=O) groups excluding carboxylic acids is 1. The summed E-state index contributed by atoms with van der Waals surface area (Å²) in [5, 5.41) is 11.8. The zero-order valence-electron chi connectivity index (χ0n) is 10.1. The Labute approximate surface area is 116 Å². The molecule has 0 radical (unpaired) electrons. The molecule has 0 aliphatic carbocycles. The molecule has 0 saturated heterocycles. The standard InChI is InChI=1S/C13H13ClN2O3/c1-2-6-15-12(17)8-16(9-13(18)19)11-5-3-4-10(14)7-11/h1,3-5,7H,6,8-9H2,(H,15,17)(H,18,19). The van der Waals surface area contributed by atoms with Crippen molar-refractivity contribution in [3.63, 3.8) is 0 Å². The van der Waals surface area contributed by atoms with Crippen molar-refractivity contribution < 1.29 is 14.7 Å². The lowest BCUT2D eigenvalue weighted by molar-refractivity contribution is -0.135. The molecule has 19 heavy (non-hydrogen) atoms. The summed E-state index contributed by atoms with van der Waals surface area (Å²) in [4.78, 5) is 23.8. The number of carboxylic acid groups (broad SMARTS) is 1. The number of carboxylic acids is 1. The van der Waals surface area contributed by atoms with Crippen molar-refractivity contribution in [1.82, 2.24) is 5.32 Å². The molecule has 6 heteroatoms. The fourth-order valence-corrected chi connectivity index (χ4v) is 1.64. The normalized spacial score (nSPS) is 9.47. The molecule has 0 unspecified atom stereocenters. The monoisotopic (exact) mass is 280 g/mol. The van der Waals surface area contributed by atoms with E-state index >= 15 is 0 Å². The number of benzene rings is 1. The summed E-state index contributed by atoms with van der Waals surface area (Å²) in [5.41, 5.74) is 0.561. The van der Waals surface area contributed by atoms with Gasteiger partial charge in [-0.1, -0.05) is 23.6 Å². The number of halogens is 1. The number of nitrogens with one attached hydrogen (secondary N) is 1. The first-order chi connectivity index (χ1) is 9.02. The van der Waals surface area contributed by atoms with Crippen LogP contribution < -0.4 is 10.2 Å². The van der Waals surface area contributed by atoms with Crippen LogP contribution in [0.3, 0.4) is 0 Å². The van der Waals surface area contributed by atoms with Gasteiger partial charge in [-0.2, -0.15) is 0 Å². The molecule has 0 aromatic heterocycles. The van der Waals surface area contributed by atoms with Crippen LogP contribution in [0.5, 0.6) is 0 Å². The SMILES string of the molecule is C#CCNC(=O)CN(CC(=O)O)c1cccc(Cl)c1. The third-order valence-corrected chi connectivity index (χ3v) is 2.46. The topological polar surface area (TPSA) is 69.6 Å². The second kappa shape index (κ2) is 7.29. The number of aliphatic carboxylic acids is 1. The van der Waals surface area contributed by atoms with Gasteiger partial charge in [-0.15, -0.1) is 6.42 Å². The van der Waals surface area contributed by atoms with Gasteiger partial charge in [0.2, 0.25) is 5.91 Å². The highest BCUT2D eigenvalue weighted by Gasteiger charge is 2.14. The van der Waals surface area contributed by atoms with E-state index in [1.807, 2.05) is 0 Å². The summed E-state index contributed by atoms with van der Waals surface area (Å²) in [5.74, 6) is 0.888. The van der Waals surface area contributed by atoms with Gasteiger partial charge < -0.3 is 15.3 Å². The molecule has 1 amide bonds. The van der Waals surface area contributed by atoms with Gasteiger partial charge in [-0.3, -0.25) is 9.59 Å². The molecule has 100 valence electrons. The summed E-state index contributed by atoms with van der Waals surface area (Å²) < 4.78 is 0. The molecule has 0 aliphatic heterocycles. The highest BCUT2D eigenvalue weighted by molar-refractivity contribution is 6.30. The first-order valence-corrected chi connectivity index (χ1v) is 5.83. The summed E-state index contributed by atoms with van der Waals surface area (Å²) in [6.45, 7) is -0.298. The molecule has 1 aromatic rings. The number of nitrogens with zero attached hydrogens (tertiary/aromatic N) is 1. The minimum Gasteiger partial charge on any atom is -0.480 e. The number of hydrogen-bond acceptors (Lipinski definition) is 3. The highest BCUT2D eigenvalue weighted by atomic mass is 35.5. The molecule has 1 rings (SSSR count). The van der Waals surface area contributed by atoms with Crippen molar-refractivity contribution in [1.29, 1.82) is 0 Å². The molecule has 0 saturated carbocycles. The van der Waals surface area contributed by atoms with Gasteiger partial charge in [-0.05, 0) is 18.2 Å². The highest BCUT2D eigenvalue weighted by Crippen LogP contribution is 2.19. The molecular formula is C13H13ClN2O3. The van der Waals surface area contributed by atoms with Crippen LogP contribution in [0.2, 0.25) is 5.02 Å². The molecule has 0 bridgehead atoms. The summed E-state index contributed by atoms with van der Waals surface area (Å²) in [6.07, 6.45) is 5.03. The minimum absolute atomic E-state index is 0.103. The Morgan fingerprint density at radius 3 is 2.74 bits per heavy atom. The Morgan fingerprint density at radius 1 is 1.42 bits per heavy atom. The number of terminal acetylenes is 1. The smallest absolute Gasteiger partial charge is 0.323 e. The number of carbonyl (C=O) groups is 2. The summed E-state index contributed by atoms with van der Waals surface area (Å²) in [7, 11) is 0. The number of amides is 1. The fourth-order valence-electron chi connectivity index (χ4n) is 1.45. The van der Waals surface area contributed by atoms with Crippen LogP contribution in [0.15, 0.2) is 24.3 Å². The molecule has 5 nitrogen and oxygen atoms in total. The third-order valence-electron chi connectivity index (χ3n) is 2.22. The number of rotatable bonds is 6. The van der Waals surface area contributed by atoms with Crippen molar-refractivity contribution in [2.45, 2.75) is 0 Å². The molecule has 2 N–H and O–H groups in total.